The van der Waals surface area contributed by atoms with E-state index in [4.69, 9.17) is 14.2 Å². The van der Waals surface area contributed by atoms with Crippen molar-refractivity contribution in [1.82, 2.24) is 15.5 Å². The van der Waals surface area contributed by atoms with E-state index in [-0.39, 0.29) is 17.8 Å². The highest BCUT2D eigenvalue weighted by atomic mass is 19.1. The number of aromatic amines is 1. The molecule has 3 aromatic rings. The van der Waals surface area contributed by atoms with Gasteiger partial charge in [0.2, 0.25) is 5.75 Å². The number of carbonyl (C=O) groups excluding carboxylic acids is 1. The topological polar surface area (TPSA) is 88.7 Å². The molecule has 186 valence electrons. The van der Waals surface area contributed by atoms with Crippen molar-refractivity contribution in [2.24, 2.45) is 0 Å². The summed E-state index contributed by atoms with van der Waals surface area (Å²) in [5.41, 5.74) is 2.13. The van der Waals surface area contributed by atoms with Crippen LogP contribution in [0.2, 0.25) is 0 Å². The van der Waals surface area contributed by atoms with Crippen LogP contribution in [0.3, 0.4) is 0 Å². The number of H-pyrrole nitrogens is 1. The number of hydrogen-bond acceptors (Lipinski definition) is 6. The second kappa shape index (κ2) is 11.1. The Bertz CT molecular complexity index is 1120. The third kappa shape index (κ3) is 5.67. The molecule has 0 spiro atoms. The van der Waals surface area contributed by atoms with E-state index in [2.05, 4.69) is 20.4 Å². The van der Waals surface area contributed by atoms with Gasteiger partial charge in [-0.25, -0.2) is 4.39 Å². The van der Waals surface area contributed by atoms with Crippen molar-refractivity contribution < 1.29 is 23.4 Å². The molecule has 1 atom stereocenters. The monoisotopic (exact) mass is 482 g/mol. The highest BCUT2D eigenvalue weighted by Crippen LogP contribution is 2.39. The van der Waals surface area contributed by atoms with Gasteiger partial charge in [-0.3, -0.25) is 9.89 Å². The second-order valence-electron chi connectivity index (χ2n) is 8.15. The lowest BCUT2D eigenvalue weighted by Gasteiger charge is -2.18. The van der Waals surface area contributed by atoms with Crippen molar-refractivity contribution in [2.75, 3.05) is 37.8 Å². The van der Waals surface area contributed by atoms with E-state index < -0.39 is 0 Å². The van der Waals surface area contributed by atoms with E-state index in [0.29, 0.717) is 49.2 Å². The van der Waals surface area contributed by atoms with Gasteiger partial charge in [-0.1, -0.05) is 0 Å². The molecule has 0 saturated carbocycles. The molecular formula is C26H31FN4O4. The number of anilines is 1. The molecule has 1 aliphatic rings. The average Bonchev–Trinajstić information content (AvgIpc) is 3.52. The number of rotatable bonds is 10. The number of carbonyl (C=O) groups is 1. The Morgan fingerprint density at radius 2 is 1.71 bits per heavy atom. The number of nitrogens with one attached hydrogen (secondary N) is 2. The molecule has 1 aromatic heterocycles. The van der Waals surface area contributed by atoms with Crippen LogP contribution in [0.4, 0.5) is 10.2 Å². The Kier molecular flexibility index (Phi) is 7.74. The Hall–Kier alpha value is -3.75. The van der Waals surface area contributed by atoms with Crippen molar-refractivity contribution >= 4 is 11.7 Å². The maximum absolute atomic E-state index is 13.2. The van der Waals surface area contributed by atoms with Gasteiger partial charge in [0.25, 0.3) is 5.91 Å². The Labute approximate surface area is 204 Å². The maximum atomic E-state index is 13.2. The second-order valence-corrected chi connectivity index (χ2v) is 8.15. The maximum Gasteiger partial charge on any atom is 0.251 e. The summed E-state index contributed by atoms with van der Waals surface area (Å²) in [6, 6.07) is 11.6. The number of ether oxygens (including phenoxy) is 3. The van der Waals surface area contributed by atoms with Crippen LogP contribution in [-0.4, -0.2) is 55.1 Å². The number of aromatic nitrogens is 2. The molecule has 0 bridgehead atoms. The summed E-state index contributed by atoms with van der Waals surface area (Å²) >= 11 is 0. The molecule has 2 N–H and O–H groups in total. The lowest BCUT2D eigenvalue weighted by atomic mass is 10.1. The summed E-state index contributed by atoms with van der Waals surface area (Å²) in [5, 5.41) is 10.5. The van der Waals surface area contributed by atoms with Gasteiger partial charge < -0.3 is 24.4 Å². The normalized spacial score (nSPS) is 15.2. The summed E-state index contributed by atoms with van der Waals surface area (Å²) in [4.78, 5) is 15.2. The van der Waals surface area contributed by atoms with Gasteiger partial charge in [0.05, 0.1) is 25.5 Å². The van der Waals surface area contributed by atoms with Crippen molar-refractivity contribution in [1.29, 1.82) is 0 Å². The van der Waals surface area contributed by atoms with Crippen LogP contribution < -0.4 is 24.4 Å². The molecular weight excluding hydrogens is 451 g/mol. The summed E-state index contributed by atoms with van der Waals surface area (Å²) in [7, 11) is 0. The third-order valence-corrected chi connectivity index (χ3v) is 5.74. The van der Waals surface area contributed by atoms with Crippen molar-refractivity contribution in [2.45, 2.75) is 33.2 Å². The predicted octanol–water partition coefficient (Wildman–Crippen LogP) is 4.42. The smallest absolute Gasteiger partial charge is 0.251 e. The van der Waals surface area contributed by atoms with Gasteiger partial charge in [0, 0.05) is 30.8 Å². The van der Waals surface area contributed by atoms with Crippen LogP contribution in [0.15, 0.2) is 42.5 Å². The molecule has 0 radical (unpaired) electrons. The zero-order valence-electron chi connectivity index (χ0n) is 20.3. The zero-order chi connectivity index (χ0) is 24.8. The highest BCUT2D eigenvalue weighted by Gasteiger charge is 2.27. The number of nitrogens with zero attached hydrogens (tertiary/aromatic N) is 2. The third-order valence-electron chi connectivity index (χ3n) is 5.74. The van der Waals surface area contributed by atoms with E-state index in [1.807, 2.05) is 26.8 Å². The quantitative estimate of drug-likeness (QED) is 0.445. The Morgan fingerprint density at radius 3 is 2.34 bits per heavy atom. The first-order valence-corrected chi connectivity index (χ1v) is 12.0. The van der Waals surface area contributed by atoms with Crippen LogP contribution in [-0.2, 0) is 0 Å². The van der Waals surface area contributed by atoms with Gasteiger partial charge in [0.1, 0.15) is 5.82 Å². The molecule has 9 heteroatoms. The largest absolute Gasteiger partial charge is 0.490 e. The fourth-order valence-electron chi connectivity index (χ4n) is 4.13. The molecule has 8 nitrogen and oxygen atoms in total. The minimum atomic E-state index is -0.277. The van der Waals surface area contributed by atoms with Crippen molar-refractivity contribution in [3.05, 3.63) is 53.8 Å². The molecule has 1 amide bonds. The molecule has 2 heterocycles. The van der Waals surface area contributed by atoms with Crippen LogP contribution in [0, 0.1) is 5.82 Å². The van der Waals surface area contributed by atoms with Crippen molar-refractivity contribution in [3.63, 3.8) is 0 Å². The van der Waals surface area contributed by atoms with Gasteiger partial charge in [-0.2, -0.15) is 5.10 Å². The van der Waals surface area contributed by atoms with E-state index >= 15 is 0 Å². The lowest BCUT2D eigenvalue weighted by molar-refractivity contribution is 0.0939. The number of benzene rings is 2. The summed E-state index contributed by atoms with van der Waals surface area (Å²) < 4.78 is 30.4. The molecule has 1 saturated heterocycles. The number of hydrogen-bond donors (Lipinski definition) is 2. The standard InChI is InChI=1S/C26H31FN4O4/c1-4-33-22-13-18(14-23(34-5-2)25(22)35-6-3)26(32)28-20-11-12-31(16-20)24-15-21(29-30-24)17-7-9-19(27)10-8-17/h7-10,13-15,20H,4-6,11-12,16H2,1-3H3,(H,28,32)(H,29,30)/t20-/m0/s1. The molecule has 0 aliphatic carbocycles. The van der Waals surface area contributed by atoms with E-state index in [0.717, 1.165) is 30.0 Å². The Balaban J connectivity index is 1.44. The Morgan fingerprint density at radius 1 is 1.06 bits per heavy atom. The van der Waals surface area contributed by atoms with Crippen molar-refractivity contribution in [3.8, 4) is 28.5 Å². The molecule has 2 aromatic carbocycles. The van der Waals surface area contributed by atoms with Crippen LogP contribution in [0.25, 0.3) is 11.3 Å². The van der Waals surface area contributed by atoms with E-state index in [1.54, 1.807) is 24.3 Å². The van der Waals surface area contributed by atoms with Gasteiger partial charge in [-0.05, 0) is 69.2 Å². The fourth-order valence-corrected chi connectivity index (χ4v) is 4.13. The number of amides is 1. The minimum absolute atomic E-state index is 0.0360. The first-order valence-electron chi connectivity index (χ1n) is 12.0. The van der Waals surface area contributed by atoms with Crippen LogP contribution >= 0.6 is 0 Å². The summed E-state index contributed by atoms with van der Waals surface area (Å²) in [6.07, 6.45) is 0.790. The van der Waals surface area contributed by atoms with Crippen LogP contribution in [0.1, 0.15) is 37.6 Å². The average molecular weight is 483 g/mol. The van der Waals surface area contributed by atoms with Gasteiger partial charge >= 0.3 is 0 Å². The lowest BCUT2D eigenvalue weighted by Crippen LogP contribution is -2.37. The van der Waals surface area contributed by atoms with E-state index in [9.17, 15) is 9.18 Å². The molecule has 1 fully saturated rings. The minimum Gasteiger partial charge on any atom is -0.490 e. The first-order chi connectivity index (χ1) is 17.0. The molecule has 4 rings (SSSR count). The molecule has 1 aliphatic heterocycles. The highest BCUT2D eigenvalue weighted by molar-refractivity contribution is 5.96. The predicted molar refractivity (Wildman–Crippen MR) is 132 cm³/mol. The zero-order valence-corrected chi connectivity index (χ0v) is 20.3. The summed E-state index contributed by atoms with van der Waals surface area (Å²) in [5.74, 6) is 1.80. The fraction of sp³-hybridized carbons (Fsp3) is 0.385. The SMILES string of the molecule is CCOc1cc(C(=O)N[C@H]2CCN(c3cc(-c4ccc(F)cc4)[nH]n3)C2)cc(OCC)c1OCC. The van der Waals surface area contributed by atoms with Gasteiger partial charge in [-0.15, -0.1) is 0 Å². The van der Waals surface area contributed by atoms with Crippen LogP contribution in [0.5, 0.6) is 17.2 Å². The molecule has 0 unspecified atom stereocenters. The number of halogens is 1. The van der Waals surface area contributed by atoms with Gasteiger partial charge in [0.15, 0.2) is 17.3 Å². The first kappa shape index (κ1) is 24.4. The summed E-state index contributed by atoms with van der Waals surface area (Å²) in [6.45, 7) is 8.39. The van der Waals surface area contributed by atoms with E-state index in [1.165, 1.54) is 12.1 Å². The molecule has 35 heavy (non-hydrogen) atoms.